The van der Waals surface area contributed by atoms with Gasteiger partial charge in [0.25, 0.3) is 0 Å². The van der Waals surface area contributed by atoms with Crippen molar-refractivity contribution in [2.45, 2.75) is 135 Å². The topological polar surface area (TPSA) is 3.24 Å². The fraction of sp³-hybridized carbons (Fsp3) is 1.00. The summed E-state index contributed by atoms with van der Waals surface area (Å²) < 4.78 is 0. The van der Waals surface area contributed by atoms with Crippen LogP contribution in [0.1, 0.15) is 135 Å². The third-order valence-electron chi connectivity index (χ3n) is 5.46. The fourth-order valence-corrected chi connectivity index (χ4v) is 3.68. The van der Waals surface area contributed by atoms with Crippen LogP contribution in [0.5, 0.6) is 0 Å². The maximum absolute atomic E-state index is 2.30. The summed E-state index contributed by atoms with van der Waals surface area (Å²) >= 11 is 0. The predicted octanol–water partition coefficient (Wildman–Crippen LogP) is 8.37. The minimum Gasteiger partial charge on any atom is -0.309 e. The number of nitrogens with zero attached hydrogens (tertiary/aromatic N) is 1. The summed E-state index contributed by atoms with van der Waals surface area (Å²) in [5, 5.41) is 0. The molecule has 0 aromatic heterocycles. The van der Waals surface area contributed by atoms with E-state index in [1.165, 1.54) is 135 Å². The number of rotatable bonds is 21. The van der Waals surface area contributed by atoms with Crippen molar-refractivity contribution in [3.8, 4) is 0 Å². The summed E-state index contributed by atoms with van der Waals surface area (Å²) in [5.74, 6) is 0. The lowest BCUT2D eigenvalue weighted by molar-refractivity contribution is 0.389. The molecular weight excluding hydrogens is 302 g/mol. The summed E-state index contributed by atoms with van der Waals surface area (Å²) in [5.41, 5.74) is 0. The summed E-state index contributed by atoms with van der Waals surface area (Å²) in [6.45, 7) is 3.56. The van der Waals surface area contributed by atoms with Gasteiger partial charge >= 0.3 is 0 Å². The van der Waals surface area contributed by atoms with Crippen molar-refractivity contribution in [3.05, 3.63) is 0 Å². The zero-order valence-electron chi connectivity index (χ0n) is 18.3. The zero-order valence-corrected chi connectivity index (χ0v) is 18.3. The number of hydrogen-bond donors (Lipinski definition) is 0. The Kier molecular flexibility index (Phi) is 22.0. The Labute approximate surface area is 161 Å². The monoisotopic (exact) mass is 353 g/mol. The Bertz CT molecular complexity index is 224. The molecule has 0 saturated heterocycles. The maximum Gasteiger partial charge on any atom is -0.00248 e. The van der Waals surface area contributed by atoms with Gasteiger partial charge in [0.2, 0.25) is 0 Å². The van der Waals surface area contributed by atoms with Crippen LogP contribution >= 0.6 is 0 Å². The Hall–Kier alpha value is -0.0400. The highest BCUT2D eigenvalue weighted by Crippen LogP contribution is 2.14. The van der Waals surface area contributed by atoms with Gasteiger partial charge in [0.15, 0.2) is 0 Å². The molecule has 1 nitrogen and oxygen atoms in total. The van der Waals surface area contributed by atoms with Gasteiger partial charge in [-0.3, -0.25) is 0 Å². The Morgan fingerprint density at radius 3 is 0.840 bits per heavy atom. The van der Waals surface area contributed by atoms with Crippen LogP contribution in [0.3, 0.4) is 0 Å². The van der Waals surface area contributed by atoms with Crippen molar-refractivity contribution in [1.82, 2.24) is 4.90 Å². The molecule has 0 spiro atoms. The van der Waals surface area contributed by atoms with Gasteiger partial charge in [-0.25, -0.2) is 0 Å². The quantitative estimate of drug-likeness (QED) is 0.187. The Morgan fingerprint density at radius 1 is 0.360 bits per heavy atom. The lowest BCUT2D eigenvalue weighted by Gasteiger charge is -2.08. The van der Waals surface area contributed by atoms with E-state index < -0.39 is 0 Å². The van der Waals surface area contributed by atoms with Crippen LogP contribution < -0.4 is 0 Å². The van der Waals surface area contributed by atoms with Crippen molar-refractivity contribution >= 4 is 0 Å². The van der Waals surface area contributed by atoms with Crippen LogP contribution in [0.25, 0.3) is 0 Å². The third kappa shape index (κ3) is 24.0. The highest BCUT2D eigenvalue weighted by atomic mass is 15.0. The van der Waals surface area contributed by atoms with Crippen molar-refractivity contribution in [3.63, 3.8) is 0 Å². The van der Waals surface area contributed by atoms with Crippen LogP contribution in [0.2, 0.25) is 0 Å². The molecule has 152 valence electrons. The molecule has 25 heavy (non-hydrogen) atoms. The molecule has 0 unspecified atom stereocenters. The average Bonchev–Trinajstić information content (AvgIpc) is 2.60. The smallest absolute Gasteiger partial charge is 0.00248 e. The van der Waals surface area contributed by atoms with E-state index in [4.69, 9.17) is 0 Å². The molecule has 1 heteroatoms. The van der Waals surface area contributed by atoms with Gasteiger partial charge in [0.05, 0.1) is 0 Å². The van der Waals surface area contributed by atoms with E-state index in [0.717, 1.165) is 0 Å². The van der Waals surface area contributed by atoms with E-state index >= 15 is 0 Å². The minimum absolute atomic E-state index is 1.26. The average molecular weight is 354 g/mol. The van der Waals surface area contributed by atoms with Crippen molar-refractivity contribution in [2.75, 3.05) is 20.6 Å². The van der Waals surface area contributed by atoms with Gasteiger partial charge in [0, 0.05) is 0 Å². The molecule has 0 saturated carbocycles. The molecule has 0 heterocycles. The first kappa shape index (κ1) is 25.0. The molecule has 0 aliphatic heterocycles. The van der Waals surface area contributed by atoms with Crippen molar-refractivity contribution < 1.29 is 0 Å². The number of hydrogen-bond acceptors (Lipinski definition) is 1. The molecule has 0 aromatic rings. The van der Waals surface area contributed by atoms with Crippen LogP contribution in [-0.4, -0.2) is 25.5 Å². The minimum atomic E-state index is 1.26. The molecule has 0 aliphatic rings. The normalized spacial score (nSPS) is 11.5. The lowest BCUT2D eigenvalue weighted by atomic mass is 10.0. The van der Waals surface area contributed by atoms with Crippen LogP contribution in [0.15, 0.2) is 0 Å². The first-order valence-electron chi connectivity index (χ1n) is 11.9. The molecular formula is C24H51N. The molecule has 0 N–H and O–H groups in total. The predicted molar refractivity (Wildman–Crippen MR) is 117 cm³/mol. The summed E-state index contributed by atoms with van der Waals surface area (Å²) in [4.78, 5) is 2.30. The van der Waals surface area contributed by atoms with E-state index in [0.29, 0.717) is 0 Å². The summed E-state index contributed by atoms with van der Waals surface area (Å²) in [6, 6.07) is 0. The fourth-order valence-electron chi connectivity index (χ4n) is 3.68. The van der Waals surface area contributed by atoms with Gasteiger partial charge in [0.1, 0.15) is 0 Å². The van der Waals surface area contributed by atoms with Gasteiger partial charge in [-0.05, 0) is 27.1 Å². The van der Waals surface area contributed by atoms with E-state index in [1.54, 1.807) is 0 Å². The molecule has 0 amide bonds. The Morgan fingerprint density at radius 2 is 0.600 bits per heavy atom. The molecule has 0 fully saturated rings. The van der Waals surface area contributed by atoms with Crippen LogP contribution in [-0.2, 0) is 0 Å². The second-order valence-electron chi connectivity index (χ2n) is 8.52. The van der Waals surface area contributed by atoms with Crippen LogP contribution in [0.4, 0.5) is 0 Å². The van der Waals surface area contributed by atoms with Crippen molar-refractivity contribution in [2.24, 2.45) is 0 Å². The van der Waals surface area contributed by atoms with Gasteiger partial charge in [-0.2, -0.15) is 0 Å². The van der Waals surface area contributed by atoms with E-state index in [1.807, 2.05) is 0 Å². The maximum atomic E-state index is 2.30. The van der Waals surface area contributed by atoms with E-state index in [9.17, 15) is 0 Å². The summed E-state index contributed by atoms with van der Waals surface area (Å²) in [6.07, 6.45) is 29.3. The second-order valence-corrected chi connectivity index (χ2v) is 8.52. The molecule has 0 aromatic carbocycles. The summed E-state index contributed by atoms with van der Waals surface area (Å²) in [7, 11) is 4.35. The molecule has 0 atom stereocenters. The highest BCUT2D eigenvalue weighted by molar-refractivity contribution is 4.51. The lowest BCUT2D eigenvalue weighted by Crippen LogP contribution is -2.12. The van der Waals surface area contributed by atoms with Gasteiger partial charge in [-0.1, -0.05) is 129 Å². The highest BCUT2D eigenvalue weighted by Gasteiger charge is 1.95. The second kappa shape index (κ2) is 22.0. The molecule has 0 bridgehead atoms. The largest absolute Gasteiger partial charge is 0.309 e. The van der Waals surface area contributed by atoms with Gasteiger partial charge < -0.3 is 4.90 Å². The number of unbranched alkanes of at least 4 members (excludes halogenated alkanes) is 19. The zero-order chi connectivity index (χ0) is 18.4. The first-order chi connectivity index (χ1) is 12.3. The van der Waals surface area contributed by atoms with Crippen molar-refractivity contribution in [1.29, 1.82) is 0 Å². The first-order valence-corrected chi connectivity index (χ1v) is 11.9. The van der Waals surface area contributed by atoms with E-state index in [2.05, 4.69) is 25.9 Å². The SMILES string of the molecule is CCCCCCCCCCCCCCCCCCCCCCN(C)C. The van der Waals surface area contributed by atoms with Gasteiger partial charge in [-0.15, -0.1) is 0 Å². The third-order valence-corrected chi connectivity index (χ3v) is 5.46. The van der Waals surface area contributed by atoms with Crippen LogP contribution in [0, 0.1) is 0 Å². The Balaban J connectivity index is 2.96. The molecule has 0 aliphatic carbocycles. The molecule has 0 rings (SSSR count). The van der Waals surface area contributed by atoms with E-state index in [-0.39, 0.29) is 0 Å². The standard InChI is InChI=1S/C24H51N/c1-4-5-6-7-8-9-10-11-12-13-14-15-16-17-18-19-20-21-22-23-24-25(2)3/h4-24H2,1-3H3. The molecule has 0 radical (unpaired) electrons.